The van der Waals surface area contributed by atoms with Gasteiger partial charge in [-0.25, -0.2) is 0 Å². The Kier molecular flexibility index (Phi) is 5.43. The van der Waals surface area contributed by atoms with Crippen molar-refractivity contribution in [3.63, 3.8) is 0 Å². The first-order chi connectivity index (χ1) is 14.1. The number of ether oxygens (including phenoxy) is 1. The summed E-state index contributed by atoms with van der Waals surface area (Å²) in [6.07, 6.45) is 0.970. The van der Waals surface area contributed by atoms with Crippen molar-refractivity contribution in [2.45, 2.75) is 25.8 Å². The summed E-state index contributed by atoms with van der Waals surface area (Å²) >= 11 is 0. The average molecular weight is 385 g/mol. The fourth-order valence-electron chi connectivity index (χ4n) is 3.82. The van der Waals surface area contributed by atoms with Crippen LogP contribution in [0.15, 0.2) is 78.9 Å². The van der Waals surface area contributed by atoms with E-state index >= 15 is 0 Å². The molecule has 0 unspecified atom stereocenters. The number of anilines is 1. The molecule has 0 saturated heterocycles. The van der Waals surface area contributed by atoms with Crippen molar-refractivity contribution in [3.8, 4) is 11.1 Å². The van der Waals surface area contributed by atoms with Gasteiger partial charge in [-0.2, -0.15) is 0 Å². The fourth-order valence-corrected chi connectivity index (χ4v) is 3.82. The topological polar surface area (TPSA) is 46.6 Å². The van der Waals surface area contributed by atoms with E-state index < -0.39 is 5.97 Å². The number of hydrogen-bond donors (Lipinski definition) is 0. The molecule has 4 heteroatoms. The van der Waals surface area contributed by atoms with Crippen molar-refractivity contribution in [1.82, 2.24) is 0 Å². The molecule has 1 aliphatic heterocycles. The van der Waals surface area contributed by atoms with Gasteiger partial charge < -0.3 is 9.64 Å². The van der Waals surface area contributed by atoms with Gasteiger partial charge in [0.15, 0.2) is 6.61 Å². The molecular formula is C25H23NO3. The van der Waals surface area contributed by atoms with E-state index in [-0.39, 0.29) is 25.0 Å². The first-order valence-electron chi connectivity index (χ1n) is 9.82. The Morgan fingerprint density at radius 3 is 2.31 bits per heavy atom. The van der Waals surface area contributed by atoms with E-state index in [1.54, 1.807) is 4.90 Å². The minimum atomic E-state index is -0.397. The van der Waals surface area contributed by atoms with Crippen molar-refractivity contribution in [3.05, 3.63) is 90.0 Å². The van der Waals surface area contributed by atoms with E-state index in [2.05, 4.69) is 0 Å². The van der Waals surface area contributed by atoms with Crippen LogP contribution in [0.3, 0.4) is 0 Å². The van der Waals surface area contributed by atoms with E-state index in [0.717, 1.165) is 34.4 Å². The predicted octanol–water partition coefficient (Wildman–Crippen LogP) is 4.42. The van der Waals surface area contributed by atoms with Crippen LogP contribution in [-0.4, -0.2) is 24.5 Å². The van der Waals surface area contributed by atoms with Gasteiger partial charge in [-0.1, -0.05) is 72.8 Å². The van der Waals surface area contributed by atoms with Gasteiger partial charge in [0.2, 0.25) is 0 Å². The largest absolute Gasteiger partial charge is 0.455 e. The third-order valence-electron chi connectivity index (χ3n) is 5.24. The smallest absolute Gasteiger partial charge is 0.310 e. The zero-order valence-corrected chi connectivity index (χ0v) is 16.4. The number of rotatable bonds is 5. The Labute approximate surface area is 170 Å². The molecule has 4 rings (SSSR count). The normalized spacial score (nSPS) is 15.1. The lowest BCUT2D eigenvalue weighted by Crippen LogP contribution is -2.38. The lowest BCUT2D eigenvalue weighted by Gasteiger charge is -2.22. The van der Waals surface area contributed by atoms with Gasteiger partial charge in [-0.15, -0.1) is 0 Å². The first kappa shape index (κ1) is 18.9. The van der Waals surface area contributed by atoms with Crippen LogP contribution in [0.1, 0.15) is 18.1 Å². The third-order valence-corrected chi connectivity index (χ3v) is 5.24. The maximum atomic E-state index is 12.6. The minimum absolute atomic E-state index is 0.0733. The fraction of sp³-hybridized carbons (Fsp3) is 0.200. The van der Waals surface area contributed by atoms with Crippen LogP contribution in [0.25, 0.3) is 11.1 Å². The summed E-state index contributed by atoms with van der Waals surface area (Å²) in [4.78, 5) is 26.6. The van der Waals surface area contributed by atoms with Crippen molar-refractivity contribution >= 4 is 17.6 Å². The van der Waals surface area contributed by atoms with Gasteiger partial charge in [0, 0.05) is 11.7 Å². The Balaban J connectivity index is 1.33. The van der Waals surface area contributed by atoms with Crippen LogP contribution in [-0.2, 0) is 27.2 Å². The zero-order valence-electron chi connectivity index (χ0n) is 16.4. The monoisotopic (exact) mass is 385 g/mol. The number of benzene rings is 3. The molecule has 4 nitrogen and oxygen atoms in total. The molecule has 146 valence electrons. The molecule has 0 aromatic heterocycles. The lowest BCUT2D eigenvalue weighted by molar-refractivity contribution is -0.147. The van der Waals surface area contributed by atoms with Gasteiger partial charge in [-0.3, -0.25) is 9.59 Å². The molecule has 0 saturated carbocycles. The number of carbonyl (C=O) groups is 2. The van der Waals surface area contributed by atoms with E-state index in [1.807, 2.05) is 85.8 Å². The van der Waals surface area contributed by atoms with Gasteiger partial charge in [0.1, 0.15) is 0 Å². The van der Waals surface area contributed by atoms with Crippen molar-refractivity contribution in [1.29, 1.82) is 0 Å². The zero-order chi connectivity index (χ0) is 20.2. The number of para-hydroxylation sites is 1. The van der Waals surface area contributed by atoms with Crippen LogP contribution >= 0.6 is 0 Å². The van der Waals surface area contributed by atoms with E-state index in [1.165, 1.54) is 0 Å². The maximum absolute atomic E-state index is 12.6. The number of hydrogen-bond acceptors (Lipinski definition) is 3. The summed E-state index contributed by atoms with van der Waals surface area (Å²) in [5.41, 5.74) is 5.16. The molecule has 3 aromatic rings. The molecule has 0 bridgehead atoms. The summed E-state index contributed by atoms with van der Waals surface area (Å²) < 4.78 is 5.27. The van der Waals surface area contributed by atoms with Gasteiger partial charge >= 0.3 is 5.97 Å². The number of nitrogens with zero attached hydrogens (tertiary/aromatic N) is 1. The molecule has 0 aliphatic carbocycles. The van der Waals surface area contributed by atoms with E-state index in [0.29, 0.717) is 0 Å². The molecule has 0 radical (unpaired) electrons. The van der Waals surface area contributed by atoms with Gasteiger partial charge in [-0.05, 0) is 41.7 Å². The second-order valence-electron chi connectivity index (χ2n) is 7.35. The molecular weight excluding hydrogens is 362 g/mol. The van der Waals surface area contributed by atoms with Crippen LogP contribution in [0.4, 0.5) is 5.69 Å². The van der Waals surface area contributed by atoms with Gasteiger partial charge in [0.25, 0.3) is 5.91 Å². The van der Waals surface area contributed by atoms with Crippen molar-refractivity contribution < 1.29 is 14.3 Å². The second-order valence-corrected chi connectivity index (χ2v) is 7.35. The summed E-state index contributed by atoms with van der Waals surface area (Å²) in [6, 6.07) is 25.8. The molecule has 0 N–H and O–H groups in total. The quantitative estimate of drug-likeness (QED) is 0.611. The van der Waals surface area contributed by atoms with Crippen LogP contribution in [0, 0.1) is 0 Å². The first-order valence-corrected chi connectivity index (χ1v) is 9.82. The maximum Gasteiger partial charge on any atom is 0.310 e. The van der Waals surface area contributed by atoms with Crippen molar-refractivity contribution in [2.75, 3.05) is 11.5 Å². The number of esters is 1. The lowest BCUT2D eigenvalue weighted by atomic mass is 10.0. The summed E-state index contributed by atoms with van der Waals surface area (Å²) in [5.74, 6) is -0.582. The number of amides is 1. The highest BCUT2D eigenvalue weighted by atomic mass is 16.5. The molecule has 0 fully saturated rings. The highest BCUT2D eigenvalue weighted by molar-refractivity contribution is 5.97. The minimum Gasteiger partial charge on any atom is -0.455 e. The predicted molar refractivity (Wildman–Crippen MR) is 114 cm³/mol. The number of fused-ring (bicyclic) bond motifs is 1. The molecule has 3 aromatic carbocycles. The third kappa shape index (κ3) is 4.21. The average Bonchev–Trinajstić information content (AvgIpc) is 3.09. The summed E-state index contributed by atoms with van der Waals surface area (Å²) in [7, 11) is 0. The molecule has 0 spiro atoms. The molecule has 1 atom stereocenters. The van der Waals surface area contributed by atoms with Crippen molar-refractivity contribution in [2.24, 2.45) is 0 Å². The molecule has 1 amide bonds. The van der Waals surface area contributed by atoms with Crippen LogP contribution in [0.5, 0.6) is 0 Å². The summed E-state index contributed by atoms with van der Waals surface area (Å²) in [5, 5.41) is 0. The Morgan fingerprint density at radius 2 is 1.55 bits per heavy atom. The second kappa shape index (κ2) is 8.31. The SMILES string of the molecule is C[C@@H]1Cc2ccccc2N1C(=O)COC(=O)Cc1ccc(-c2ccccc2)cc1. The highest BCUT2D eigenvalue weighted by Crippen LogP contribution is 2.31. The molecule has 29 heavy (non-hydrogen) atoms. The Morgan fingerprint density at radius 1 is 0.897 bits per heavy atom. The molecule has 1 heterocycles. The Hall–Kier alpha value is -3.40. The van der Waals surface area contributed by atoms with Crippen LogP contribution in [0.2, 0.25) is 0 Å². The van der Waals surface area contributed by atoms with Crippen LogP contribution < -0.4 is 4.90 Å². The standard InChI is InChI=1S/C25H23NO3/c1-18-15-22-9-5-6-10-23(22)26(18)24(27)17-29-25(28)16-19-11-13-21(14-12-19)20-7-3-2-4-8-20/h2-14,18H,15-17H2,1H3/t18-/m1/s1. The van der Waals surface area contributed by atoms with Gasteiger partial charge in [0.05, 0.1) is 6.42 Å². The van der Waals surface area contributed by atoms with E-state index in [4.69, 9.17) is 4.74 Å². The summed E-state index contributed by atoms with van der Waals surface area (Å²) in [6.45, 7) is 1.77. The molecule has 1 aliphatic rings. The number of carbonyl (C=O) groups excluding carboxylic acids is 2. The highest BCUT2D eigenvalue weighted by Gasteiger charge is 2.30. The Bertz CT molecular complexity index is 1010. The van der Waals surface area contributed by atoms with E-state index in [9.17, 15) is 9.59 Å².